The number of aliphatic hydroxyl groups is 1. The van der Waals surface area contributed by atoms with Crippen molar-refractivity contribution in [1.82, 2.24) is 0 Å². The summed E-state index contributed by atoms with van der Waals surface area (Å²) < 4.78 is 8.88. The summed E-state index contributed by atoms with van der Waals surface area (Å²) >= 11 is 0. The van der Waals surface area contributed by atoms with Crippen LogP contribution in [0.15, 0.2) is 48.5 Å². The van der Waals surface area contributed by atoms with E-state index in [4.69, 9.17) is 19.2 Å². The van der Waals surface area contributed by atoms with Gasteiger partial charge in [-0.05, 0) is 22.3 Å². The van der Waals surface area contributed by atoms with Crippen LogP contribution in [0.25, 0.3) is 11.1 Å². The van der Waals surface area contributed by atoms with Crippen LogP contribution in [-0.2, 0) is 11.0 Å². The monoisotopic (exact) mass is 294 g/mol. The zero-order valence-corrected chi connectivity index (χ0v) is 11.4. The minimum absolute atomic E-state index is 0.351. The van der Waals surface area contributed by atoms with Crippen molar-refractivity contribution in [2.45, 2.75) is 12.5 Å². The van der Waals surface area contributed by atoms with Gasteiger partial charge in [0.15, 0.2) is 0 Å². The molecule has 3 rings (SSSR count). The van der Waals surface area contributed by atoms with Gasteiger partial charge in [-0.25, -0.2) is 4.57 Å². The van der Waals surface area contributed by atoms with E-state index in [2.05, 4.69) is 18.2 Å². The van der Waals surface area contributed by atoms with Crippen LogP contribution < -0.4 is 0 Å². The topological polar surface area (TPSA) is 98.0 Å². The molecule has 5 nitrogen and oxygen atoms in total. The molecule has 0 aromatic heterocycles. The van der Waals surface area contributed by atoms with Gasteiger partial charge < -0.3 is 19.8 Å². The van der Waals surface area contributed by atoms with Crippen molar-refractivity contribution < 1.29 is 24.4 Å². The molecule has 1 atom stereocenters. The number of hydrogen-bond acceptors (Lipinski definition) is 2. The first kappa shape index (κ1) is 14.9. The van der Waals surface area contributed by atoms with Crippen LogP contribution in [0.1, 0.15) is 17.2 Å². The predicted molar refractivity (Wildman–Crippen MR) is 74.8 cm³/mol. The minimum Gasteiger partial charge on any atom is -0.388 e. The highest BCUT2D eigenvalue weighted by molar-refractivity contribution is 7.45. The van der Waals surface area contributed by atoms with Gasteiger partial charge in [0.05, 0.1) is 6.10 Å². The average Bonchev–Trinajstić information content (AvgIpc) is 2.37. The van der Waals surface area contributed by atoms with E-state index in [1.54, 1.807) is 0 Å². The van der Waals surface area contributed by atoms with E-state index in [9.17, 15) is 5.11 Å². The molecule has 0 heterocycles. The van der Waals surface area contributed by atoms with E-state index in [0.29, 0.717) is 0 Å². The number of phosphoric acid groups is 1. The van der Waals surface area contributed by atoms with Crippen LogP contribution in [0.4, 0.5) is 0 Å². The summed E-state index contributed by atoms with van der Waals surface area (Å²) in [6, 6.07) is 16.4. The normalized spacial score (nSPS) is 16.5. The van der Waals surface area contributed by atoms with E-state index >= 15 is 0 Å². The Morgan fingerprint density at radius 1 is 0.900 bits per heavy atom. The second kappa shape index (κ2) is 5.87. The summed E-state index contributed by atoms with van der Waals surface area (Å²) in [7, 11) is -4.64. The molecule has 106 valence electrons. The van der Waals surface area contributed by atoms with Crippen LogP contribution in [0.3, 0.4) is 0 Å². The van der Waals surface area contributed by atoms with Crippen molar-refractivity contribution in [3.63, 3.8) is 0 Å². The standard InChI is InChI=1S/C14H12O.H3O4P/c15-14-9-10-5-1-2-6-11(10)12-7-3-4-8-13(12)14;1-5(2,3)4/h1-8,14-15H,9H2;(H3,1,2,3,4). The average molecular weight is 294 g/mol. The van der Waals surface area contributed by atoms with Crippen molar-refractivity contribution in [1.29, 1.82) is 0 Å². The van der Waals surface area contributed by atoms with Gasteiger partial charge in [0, 0.05) is 6.42 Å². The first-order valence-electron chi connectivity index (χ1n) is 6.00. The molecule has 0 saturated carbocycles. The van der Waals surface area contributed by atoms with Crippen molar-refractivity contribution in [2.75, 3.05) is 0 Å². The molecule has 2 aromatic rings. The maximum absolute atomic E-state index is 10.0. The molecule has 0 fully saturated rings. The summed E-state index contributed by atoms with van der Waals surface area (Å²) in [6.07, 6.45) is 0.379. The zero-order valence-electron chi connectivity index (χ0n) is 10.5. The molecule has 1 aliphatic rings. The fraction of sp³-hybridized carbons (Fsp3) is 0.143. The third-order valence-corrected chi connectivity index (χ3v) is 3.04. The molecule has 0 radical (unpaired) electrons. The van der Waals surface area contributed by atoms with Crippen LogP contribution in [0.5, 0.6) is 0 Å². The van der Waals surface area contributed by atoms with E-state index in [1.807, 2.05) is 30.3 Å². The molecule has 0 aliphatic heterocycles. The molecule has 0 amide bonds. The Morgan fingerprint density at radius 2 is 1.40 bits per heavy atom. The lowest BCUT2D eigenvalue weighted by atomic mass is 9.84. The van der Waals surface area contributed by atoms with Gasteiger partial charge in [0.25, 0.3) is 0 Å². The minimum atomic E-state index is -4.64. The molecule has 1 unspecified atom stereocenters. The first-order valence-corrected chi connectivity index (χ1v) is 7.56. The van der Waals surface area contributed by atoms with Gasteiger partial charge >= 0.3 is 7.82 Å². The number of fused-ring (bicyclic) bond motifs is 3. The third-order valence-electron chi connectivity index (χ3n) is 3.04. The van der Waals surface area contributed by atoms with Crippen molar-refractivity contribution in [3.05, 3.63) is 59.7 Å². The van der Waals surface area contributed by atoms with E-state index in [-0.39, 0.29) is 6.10 Å². The molecule has 6 heteroatoms. The summed E-state index contributed by atoms with van der Waals surface area (Å²) in [5, 5.41) is 10.0. The Balaban J connectivity index is 0.000000257. The molecule has 2 aromatic carbocycles. The Hall–Kier alpha value is -1.49. The maximum atomic E-state index is 10.0. The quantitative estimate of drug-likeness (QED) is 0.557. The van der Waals surface area contributed by atoms with E-state index in [1.165, 1.54) is 16.7 Å². The molecule has 4 N–H and O–H groups in total. The lowest BCUT2D eigenvalue weighted by Crippen LogP contribution is -2.10. The second-order valence-electron chi connectivity index (χ2n) is 4.48. The molecule has 20 heavy (non-hydrogen) atoms. The van der Waals surface area contributed by atoms with Crippen LogP contribution in [-0.4, -0.2) is 19.8 Å². The number of hydrogen-bond donors (Lipinski definition) is 4. The largest absolute Gasteiger partial charge is 0.466 e. The fourth-order valence-electron chi connectivity index (χ4n) is 2.31. The summed E-state index contributed by atoms with van der Waals surface area (Å²) in [5.74, 6) is 0. The lowest BCUT2D eigenvalue weighted by molar-refractivity contribution is 0.177. The molecular weight excluding hydrogens is 279 g/mol. The summed E-state index contributed by atoms with van der Waals surface area (Å²) in [6.45, 7) is 0. The zero-order chi connectivity index (χ0) is 14.8. The first-order chi connectivity index (χ1) is 9.36. The smallest absolute Gasteiger partial charge is 0.388 e. The van der Waals surface area contributed by atoms with Crippen LogP contribution in [0.2, 0.25) is 0 Å². The lowest BCUT2D eigenvalue weighted by Gasteiger charge is -2.23. The van der Waals surface area contributed by atoms with Gasteiger partial charge in [-0.3, -0.25) is 0 Å². The fourth-order valence-corrected chi connectivity index (χ4v) is 2.31. The maximum Gasteiger partial charge on any atom is 0.466 e. The Bertz CT molecular complexity index is 641. The Labute approximate surface area is 116 Å². The summed E-state index contributed by atoms with van der Waals surface area (Å²) in [4.78, 5) is 21.6. The highest BCUT2D eigenvalue weighted by Crippen LogP contribution is 2.37. The number of rotatable bonds is 0. The van der Waals surface area contributed by atoms with Gasteiger partial charge in [-0.1, -0.05) is 48.5 Å². The van der Waals surface area contributed by atoms with Gasteiger partial charge in [-0.15, -0.1) is 0 Å². The second-order valence-corrected chi connectivity index (χ2v) is 5.50. The molecule has 1 aliphatic carbocycles. The Kier molecular flexibility index (Phi) is 4.38. The highest BCUT2D eigenvalue weighted by Gasteiger charge is 2.21. The van der Waals surface area contributed by atoms with Crippen LogP contribution in [0, 0.1) is 0 Å². The van der Waals surface area contributed by atoms with E-state index in [0.717, 1.165) is 12.0 Å². The van der Waals surface area contributed by atoms with Gasteiger partial charge in [-0.2, -0.15) is 0 Å². The number of aliphatic hydroxyl groups excluding tert-OH is 1. The number of benzene rings is 2. The van der Waals surface area contributed by atoms with Crippen molar-refractivity contribution in [3.8, 4) is 11.1 Å². The van der Waals surface area contributed by atoms with Gasteiger partial charge in [0.2, 0.25) is 0 Å². The van der Waals surface area contributed by atoms with Crippen LogP contribution >= 0.6 is 7.82 Å². The molecular formula is C14H15O5P. The van der Waals surface area contributed by atoms with Crippen molar-refractivity contribution >= 4 is 7.82 Å². The molecule has 0 bridgehead atoms. The summed E-state index contributed by atoms with van der Waals surface area (Å²) in [5.41, 5.74) is 4.73. The molecule has 0 spiro atoms. The third kappa shape index (κ3) is 3.76. The Morgan fingerprint density at radius 3 is 2.05 bits per heavy atom. The SMILES string of the molecule is O=P(O)(O)O.OC1Cc2ccccc2-c2ccccc21. The molecule has 0 saturated heterocycles. The van der Waals surface area contributed by atoms with Gasteiger partial charge in [0.1, 0.15) is 0 Å². The predicted octanol–water partition coefficient (Wildman–Crippen LogP) is 2.01. The highest BCUT2D eigenvalue weighted by atomic mass is 31.2. The van der Waals surface area contributed by atoms with Crippen molar-refractivity contribution in [2.24, 2.45) is 0 Å². The van der Waals surface area contributed by atoms with E-state index < -0.39 is 7.82 Å².